The largest absolute Gasteiger partial charge is 0.382 e. The lowest BCUT2D eigenvalue weighted by Crippen LogP contribution is -2.36. The van der Waals surface area contributed by atoms with E-state index in [1.165, 1.54) is 0 Å². The van der Waals surface area contributed by atoms with Crippen molar-refractivity contribution in [2.45, 2.75) is 19.4 Å². The van der Waals surface area contributed by atoms with Gasteiger partial charge in [-0.3, -0.25) is 0 Å². The molecule has 0 aliphatic carbocycles. The van der Waals surface area contributed by atoms with E-state index in [4.69, 9.17) is 16.3 Å². The molecule has 15 heavy (non-hydrogen) atoms. The monoisotopic (exact) mass is 228 g/mol. The molecular weight excluding hydrogens is 212 g/mol. The third kappa shape index (κ3) is 2.71. The molecule has 1 atom stereocenters. The average Bonchev–Trinajstić information content (AvgIpc) is 2.17. The highest BCUT2D eigenvalue weighted by atomic mass is 35.5. The van der Waals surface area contributed by atoms with Crippen LogP contribution in [0.4, 0.5) is 0 Å². The van der Waals surface area contributed by atoms with Crippen LogP contribution in [0.15, 0.2) is 24.3 Å². The summed E-state index contributed by atoms with van der Waals surface area (Å²) in [6.45, 7) is 4.19. The van der Waals surface area contributed by atoms with Gasteiger partial charge in [0.1, 0.15) is 5.60 Å². The third-order valence-corrected chi connectivity index (χ3v) is 2.88. The second-order valence-corrected chi connectivity index (χ2v) is 4.46. The number of benzene rings is 1. The van der Waals surface area contributed by atoms with Gasteiger partial charge >= 0.3 is 0 Å². The van der Waals surface area contributed by atoms with Crippen LogP contribution in [0.5, 0.6) is 0 Å². The van der Waals surface area contributed by atoms with E-state index < -0.39 is 5.60 Å². The highest BCUT2D eigenvalue weighted by Gasteiger charge is 2.33. The normalized spacial score (nSPS) is 15.3. The van der Waals surface area contributed by atoms with Gasteiger partial charge in [0.05, 0.1) is 6.61 Å². The molecule has 0 amide bonds. The van der Waals surface area contributed by atoms with Gasteiger partial charge < -0.3 is 9.84 Å². The van der Waals surface area contributed by atoms with Crippen LogP contribution in [-0.4, -0.2) is 18.8 Å². The minimum absolute atomic E-state index is 0.0657. The summed E-state index contributed by atoms with van der Waals surface area (Å²) in [5.41, 5.74) is -0.175. The maximum Gasteiger partial charge on any atom is 0.115 e. The quantitative estimate of drug-likeness (QED) is 0.859. The van der Waals surface area contributed by atoms with Crippen LogP contribution in [0.25, 0.3) is 0 Å². The number of hydrogen-bond donors (Lipinski definition) is 1. The van der Waals surface area contributed by atoms with Crippen molar-refractivity contribution in [1.82, 2.24) is 0 Å². The lowest BCUT2D eigenvalue weighted by Gasteiger charge is -2.32. The van der Waals surface area contributed by atoms with E-state index in [9.17, 15) is 5.11 Å². The predicted octanol–water partition coefficient (Wildman–Crippen LogP) is 2.83. The molecule has 3 heteroatoms. The smallest absolute Gasteiger partial charge is 0.115 e. The molecule has 0 aliphatic rings. The van der Waals surface area contributed by atoms with Crippen LogP contribution < -0.4 is 0 Å². The van der Waals surface area contributed by atoms with Crippen molar-refractivity contribution < 1.29 is 9.84 Å². The molecule has 1 rings (SSSR count). The van der Waals surface area contributed by atoms with Crippen molar-refractivity contribution in [2.24, 2.45) is 5.92 Å². The zero-order valence-electron chi connectivity index (χ0n) is 9.33. The van der Waals surface area contributed by atoms with Gasteiger partial charge in [0.2, 0.25) is 0 Å². The van der Waals surface area contributed by atoms with Crippen molar-refractivity contribution in [3.63, 3.8) is 0 Å². The molecule has 0 saturated carbocycles. The maximum absolute atomic E-state index is 10.5. The van der Waals surface area contributed by atoms with Crippen LogP contribution >= 0.6 is 11.6 Å². The molecule has 0 fully saturated rings. The molecule has 0 aliphatic heterocycles. The minimum Gasteiger partial charge on any atom is -0.382 e. The van der Waals surface area contributed by atoms with E-state index >= 15 is 0 Å². The van der Waals surface area contributed by atoms with Gasteiger partial charge in [0, 0.05) is 12.1 Å². The highest BCUT2D eigenvalue weighted by molar-refractivity contribution is 6.30. The molecule has 1 unspecified atom stereocenters. The van der Waals surface area contributed by atoms with Gasteiger partial charge in [-0.2, -0.15) is 0 Å². The van der Waals surface area contributed by atoms with Crippen LogP contribution in [0.2, 0.25) is 5.02 Å². The first kappa shape index (κ1) is 12.5. The number of ether oxygens (including phenoxy) is 1. The summed E-state index contributed by atoms with van der Waals surface area (Å²) >= 11 is 5.90. The summed E-state index contributed by atoms with van der Waals surface area (Å²) in [6.07, 6.45) is 0. The van der Waals surface area contributed by atoms with Crippen molar-refractivity contribution in [3.05, 3.63) is 34.9 Å². The fraction of sp³-hybridized carbons (Fsp3) is 0.500. The standard InChI is InChI=1S/C12H17ClO2/c1-9(2)12(14,8-15-3)10-5-4-6-11(13)7-10/h4-7,9,14H,8H2,1-3H3. The van der Waals surface area contributed by atoms with Crippen molar-refractivity contribution in [2.75, 3.05) is 13.7 Å². The minimum atomic E-state index is -0.973. The third-order valence-electron chi connectivity index (χ3n) is 2.64. The van der Waals surface area contributed by atoms with Gasteiger partial charge in [0.15, 0.2) is 0 Å². The van der Waals surface area contributed by atoms with E-state index in [1.807, 2.05) is 26.0 Å². The van der Waals surface area contributed by atoms with Crippen LogP contribution in [-0.2, 0) is 10.3 Å². The van der Waals surface area contributed by atoms with Gasteiger partial charge in [-0.1, -0.05) is 37.6 Å². The molecule has 1 aromatic rings. The first-order valence-electron chi connectivity index (χ1n) is 4.98. The number of methoxy groups -OCH3 is 1. The predicted molar refractivity (Wildman–Crippen MR) is 62.1 cm³/mol. The second-order valence-electron chi connectivity index (χ2n) is 4.02. The van der Waals surface area contributed by atoms with E-state index in [0.717, 1.165) is 5.56 Å². The Morgan fingerprint density at radius 1 is 1.47 bits per heavy atom. The highest BCUT2D eigenvalue weighted by Crippen LogP contribution is 2.31. The molecule has 1 aromatic carbocycles. The topological polar surface area (TPSA) is 29.5 Å². The fourth-order valence-corrected chi connectivity index (χ4v) is 1.75. The Labute approximate surface area is 95.8 Å². The van der Waals surface area contributed by atoms with Gasteiger partial charge in [-0.25, -0.2) is 0 Å². The lowest BCUT2D eigenvalue weighted by atomic mass is 9.84. The molecule has 84 valence electrons. The Morgan fingerprint density at radius 2 is 2.13 bits per heavy atom. The number of rotatable bonds is 4. The number of aliphatic hydroxyl groups is 1. The summed E-state index contributed by atoms with van der Waals surface area (Å²) < 4.78 is 5.07. The zero-order chi connectivity index (χ0) is 11.5. The van der Waals surface area contributed by atoms with Crippen molar-refractivity contribution in [1.29, 1.82) is 0 Å². The molecule has 0 aromatic heterocycles. The number of halogens is 1. The van der Waals surface area contributed by atoms with E-state index in [1.54, 1.807) is 19.2 Å². The summed E-state index contributed by atoms with van der Waals surface area (Å²) in [7, 11) is 1.58. The maximum atomic E-state index is 10.5. The van der Waals surface area contributed by atoms with Crippen LogP contribution in [0.1, 0.15) is 19.4 Å². The average molecular weight is 229 g/mol. The molecule has 0 bridgehead atoms. The lowest BCUT2D eigenvalue weighted by molar-refractivity contribution is -0.0700. The Hall–Kier alpha value is -0.570. The van der Waals surface area contributed by atoms with Crippen LogP contribution in [0.3, 0.4) is 0 Å². The molecule has 0 saturated heterocycles. The summed E-state index contributed by atoms with van der Waals surface area (Å²) in [6, 6.07) is 7.27. The Bertz CT molecular complexity index is 325. The van der Waals surface area contributed by atoms with Crippen LogP contribution in [0, 0.1) is 5.92 Å². The molecule has 2 nitrogen and oxygen atoms in total. The zero-order valence-corrected chi connectivity index (χ0v) is 10.1. The van der Waals surface area contributed by atoms with Crippen molar-refractivity contribution in [3.8, 4) is 0 Å². The summed E-state index contributed by atoms with van der Waals surface area (Å²) in [4.78, 5) is 0. The fourth-order valence-electron chi connectivity index (χ4n) is 1.56. The SMILES string of the molecule is COCC(O)(c1cccc(Cl)c1)C(C)C. The summed E-state index contributed by atoms with van der Waals surface area (Å²) in [5, 5.41) is 11.1. The van der Waals surface area contributed by atoms with E-state index in [0.29, 0.717) is 5.02 Å². The van der Waals surface area contributed by atoms with E-state index in [2.05, 4.69) is 0 Å². The van der Waals surface area contributed by atoms with Crippen molar-refractivity contribution >= 4 is 11.6 Å². The Kier molecular flexibility index (Phi) is 4.14. The van der Waals surface area contributed by atoms with E-state index in [-0.39, 0.29) is 12.5 Å². The summed E-state index contributed by atoms with van der Waals surface area (Å²) in [5.74, 6) is 0.0657. The molecule has 0 radical (unpaired) electrons. The molecule has 0 spiro atoms. The molecule has 1 N–H and O–H groups in total. The first-order chi connectivity index (χ1) is 7.00. The van der Waals surface area contributed by atoms with Gasteiger partial charge in [-0.15, -0.1) is 0 Å². The molecule has 0 heterocycles. The molecular formula is C12H17ClO2. The van der Waals surface area contributed by atoms with Gasteiger partial charge in [-0.05, 0) is 23.6 Å². The first-order valence-corrected chi connectivity index (χ1v) is 5.36. The van der Waals surface area contributed by atoms with Gasteiger partial charge in [0.25, 0.3) is 0 Å². The Balaban J connectivity index is 3.09. The Morgan fingerprint density at radius 3 is 2.60 bits per heavy atom. The number of hydrogen-bond acceptors (Lipinski definition) is 2. The second kappa shape index (κ2) is 4.97.